The summed E-state index contributed by atoms with van der Waals surface area (Å²) in [5.74, 6) is 1.57. The molecule has 0 aliphatic rings. The van der Waals surface area contributed by atoms with Crippen molar-refractivity contribution in [1.29, 1.82) is 0 Å². The summed E-state index contributed by atoms with van der Waals surface area (Å²) in [4.78, 5) is 13.9. The van der Waals surface area contributed by atoms with E-state index in [1.165, 1.54) is 5.56 Å². The zero-order valence-corrected chi connectivity index (χ0v) is 13.9. The predicted molar refractivity (Wildman–Crippen MR) is 89.4 cm³/mol. The molecule has 1 aromatic heterocycles. The molecule has 1 aromatic carbocycles. The van der Waals surface area contributed by atoms with Gasteiger partial charge in [-0.3, -0.25) is 9.69 Å². The maximum Gasteiger partial charge on any atom is 0.234 e. The molecule has 0 radical (unpaired) electrons. The number of ether oxygens (including phenoxy) is 1. The fourth-order valence-corrected chi connectivity index (χ4v) is 2.24. The highest BCUT2D eigenvalue weighted by atomic mass is 16.5. The first-order chi connectivity index (χ1) is 11.0. The van der Waals surface area contributed by atoms with Crippen LogP contribution in [-0.2, 0) is 4.79 Å². The molecule has 23 heavy (non-hydrogen) atoms. The second-order valence-electron chi connectivity index (χ2n) is 5.71. The van der Waals surface area contributed by atoms with Gasteiger partial charge in [-0.05, 0) is 50.7 Å². The van der Waals surface area contributed by atoms with Crippen LogP contribution in [0.25, 0.3) is 0 Å². The van der Waals surface area contributed by atoms with Crippen molar-refractivity contribution >= 4 is 5.91 Å². The molecule has 2 rings (SSSR count). The third kappa shape index (κ3) is 5.79. The van der Waals surface area contributed by atoms with Crippen molar-refractivity contribution in [2.24, 2.45) is 0 Å². The number of hydrogen-bond donors (Lipinski definition) is 1. The summed E-state index contributed by atoms with van der Waals surface area (Å²) in [6.07, 6.45) is 1.60. The van der Waals surface area contributed by atoms with Crippen LogP contribution in [0.1, 0.15) is 24.3 Å². The van der Waals surface area contributed by atoms with Crippen LogP contribution in [0, 0.1) is 6.92 Å². The molecule has 0 aliphatic carbocycles. The molecule has 0 aliphatic heterocycles. The Bertz CT molecular complexity index is 610. The molecule has 5 nitrogen and oxygen atoms in total. The number of carbonyl (C=O) groups excluding carboxylic acids is 1. The Morgan fingerprint density at radius 3 is 2.87 bits per heavy atom. The minimum Gasteiger partial charge on any atom is -0.492 e. The molecule has 1 N–H and O–H groups in total. The van der Waals surface area contributed by atoms with Gasteiger partial charge < -0.3 is 14.5 Å². The van der Waals surface area contributed by atoms with Gasteiger partial charge in [0.25, 0.3) is 0 Å². The monoisotopic (exact) mass is 316 g/mol. The van der Waals surface area contributed by atoms with E-state index in [4.69, 9.17) is 9.15 Å². The Balaban J connectivity index is 1.67. The standard InChI is InChI=1S/C18H24N2O3/c1-14-6-4-7-16(12-14)22-11-9-20(3)13-18(21)19-15(2)17-8-5-10-23-17/h4-8,10,12,15H,9,11,13H2,1-3H3,(H,19,21). The minimum atomic E-state index is -0.130. The smallest absolute Gasteiger partial charge is 0.234 e. The Hall–Kier alpha value is -2.27. The van der Waals surface area contributed by atoms with Crippen molar-refractivity contribution < 1.29 is 13.9 Å². The molecule has 0 fully saturated rings. The summed E-state index contributed by atoms with van der Waals surface area (Å²) in [6, 6.07) is 11.5. The summed E-state index contributed by atoms with van der Waals surface area (Å²) in [5, 5.41) is 2.91. The average molecular weight is 316 g/mol. The number of nitrogens with zero attached hydrogens (tertiary/aromatic N) is 1. The van der Waals surface area contributed by atoms with Gasteiger partial charge in [0, 0.05) is 6.54 Å². The Labute approximate surface area is 137 Å². The predicted octanol–water partition coefficient (Wildman–Crippen LogP) is 2.78. The third-order valence-corrected chi connectivity index (χ3v) is 3.49. The van der Waals surface area contributed by atoms with E-state index in [0.717, 1.165) is 11.5 Å². The molecule has 2 aromatic rings. The van der Waals surface area contributed by atoms with Gasteiger partial charge in [0.2, 0.25) is 5.91 Å². The van der Waals surface area contributed by atoms with Crippen molar-refractivity contribution in [2.45, 2.75) is 19.9 Å². The van der Waals surface area contributed by atoms with Crippen LogP contribution in [0.15, 0.2) is 47.1 Å². The fourth-order valence-electron chi connectivity index (χ4n) is 2.24. The number of nitrogens with one attached hydrogen (secondary N) is 1. The summed E-state index contributed by atoms with van der Waals surface area (Å²) < 4.78 is 11.0. The van der Waals surface area contributed by atoms with Gasteiger partial charge in [-0.25, -0.2) is 0 Å². The molecule has 1 unspecified atom stereocenters. The highest BCUT2D eigenvalue weighted by Gasteiger charge is 2.13. The second-order valence-corrected chi connectivity index (χ2v) is 5.71. The number of furan rings is 1. The van der Waals surface area contributed by atoms with E-state index >= 15 is 0 Å². The van der Waals surface area contributed by atoms with Crippen molar-refractivity contribution in [3.8, 4) is 5.75 Å². The lowest BCUT2D eigenvalue weighted by molar-refractivity contribution is -0.122. The van der Waals surface area contributed by atoms with Crippen molar-refractivity contribution in [1.82, 2.24) is 10.2 Å². The van der Waals surface area contributed by atoms with E-state index < -0.39 is 0 Å². The number of aryl methyl sites for hydroxylation is 1. The molecule has 1 atom stereocenters. The lowest BCUT2D eigenvalue weighted by atomic mass is 10.2. The summed E-state index contributed by atoms with van der Waals surface area (Å²) in [7, 11) is 1.90. The van der Waals surface area contributed by atoms with Gasteiger partial charge in [-0.15, -0.1) is 0 Å². The minimum absolute atomic E-state index is 0.0352. The average Bonchev–Trinajstić information content (AvgIpc) is 3.01. The highest BCUT2D eigenvalue weighted by molar-refractivity contribution is 5.78. The maximum absolute atomic E-state index is 12.0. The van der Waals surface area contributed by atoms with Crippen molar-refractivity contribution in [2.75, 3.05) is 26.7 Å². The van der Waals surface area contributed by atoms with Crippen LogP contribution in [-0.4, -0.2) is 37.6 Å². The van der Waals surface area contributed by atoms with E-state index in [1.54, 1.807) is 6.26 Å². The number of carbonyl (C=O) groups is 1. The topological polar surface area (TPSA) is 54.7 Å². The highest BCUT2D eigenvalue weighted by Crippen LogP contribution is 2.13. The molecule has 1 heterocycles. The SMILES string of the molecule is Cc1cccc(OCCN(C)CC(=O)NC(C)c2ccco2)c1. The summed E-state index contributed by atoms with van der Waals surface area (Å²) in [5.41, 5.74) is 1.17. The summed E-state index contributed by atoms with van der Waals surface area (Å²) >= 11 is 0. The normalized spacial score (nSPS) is 12.2. The van der Waals surface area contributed by atoms with Crippen LogP contribution in [0.3, 0.4) is 0 Å². The third-order valence-electron chi connectivity index (χ3n) is 3.49. The Morgan fingerprint density at radius 1 is 1.35 bits per heavy atom. The maximum atomic E-state index is 12.0. The van der Waals surface area contributed by atoms with E-state index in [-0.39, 0.29) is 11.9 Å². The van der Waals surface area contributed by atoms with Crippen LogP contribution >= 0.6 is 0 Å². The number of hydrogen-bond acceptors (Lipinski definition) is 4. The van der Waals surface area contributed by atoms with Gasteiger partial charge in [0.05, 0.1) is 18.8 Å². The van der Waals surface area contributed by atoms with Crippen molar-refractivity contribution in [3.05, 3.63) is 54.0 Å². The second kappa shape index (κ2) is 8.39. The van der Waals surface area contributed by atoms with Crippen LogP contribution in [0.4, 0.5) is 0 Å². The molecule has 1 amide bonds. The first kappa shape index (κ1) is 17.1. The molecule has 0 saturated heterocycles. The molecule has 0 spiro atoms. The van der Waals surface area contributed by atoms with Crippen LogP contribution < -0.4 is 10.1 Å². The first-order valence-corrected chi connectivity index (χ1v) is 7.75. The fraction of sp³-hybridized carbons (Fsp3) is 0.389. The quantitative estimate of drug-likeness (QED) is 0.813. The lowest BCUT2D eigenvalue weighted by Crippen LogP contribution is -2.37. The number of benzene rings is 1. The molecule has 5 heteroatoms. The zero-order valence-electron chi connectivity index (χ0n) is 13.9. The largest absolute Gasteiger partial charge is 0.492 e. The molecule has 0 saturated carbocycles. The van der Waals surface area contributed by atoms with Crippen molar-refractivity contribution in [3.63, 3.8) is 0 Å². The number of amides is 1. The number of rotatable bonds is 8. The summed E-state index contributed by atoms with van der Waals surface area (Å²) in [6.45, 7) is 5.47. The Morgan fingerprint density at radius 2 is 2.17 bits per heavy atom. The van der Waals surface area contributed by atoms with E-state index in [1.807, 2.05) is 62.2 Å². The molecular weight excluding hydrogens is 292 g/mol. The van der Waals surface area contributed by atoms with Gasteiger partial charge in [-0.2, -0.15) is 0 Å². The van der Waals surface area contributed by atoms with Gasteiger partial charge in [0.1, 0.15) is 18.1 Å². The lowest BCUT2D eigenvalue weighted by Gasteiger charge is -2.18. The first-order valence-electron chi connectivity index (χ1n) is 7.75. The van der Waals surface area contributed by atoms with E-state index in [2.05, 4.69) is 5.32 Å². The van der Waals surface area contributed by atoms with Crippen LogP contribution in [0.2, 0.25) is 0 Å². The molecule has 0 bridgehead atoms. The molecule has 124 valence electrons. The molecular formula is C18H24N2O3. The van der Waals surface area contributed by atoms with Gasteiger partial charge in [0.15, 0.2) is 0 Å². The van der Waals surface area contributed by atoms with Gasteiger partial charge in [-0.1, -0.05) is 12.1 Å². The Kier molecular flexibility index (Phi) is 6.23. The van der Waals surface area contributed by atoms with E-state index in [0.29, 0.717) is 19.7 Å². The van der Waals surface area contributed by atoms with Crippen LogP contribution in [0.5, 0.6) is 5.75 Å². The van der Waals surface area contributed by atoms with Gasteiger partial charge >= 0.3 is 0 Å². The zero-order chi connectivity index (χ0) is 16.7. The number of likely N-dealkylation sites (N-methyl/N-ethyl adjacent to an activating group) is 1. The van der Waals surface area contributed by atoms with E-state index in [9.17, 15) is 4.79 Å².